The van der Waals surface area contributed by atoms with E-state index < -0.39 is 0 Å². The van der Waals surface area contributed by atoms with Gasteiger partial charge in [-0.3, -0.25) is 0 Å². The first kappa shape index (κ1) is 19.8. The summed E-state index contributed by atoms with van der Waals surface area (Å²) in [7, 11) is 0. The number of nitriles is 1. The molecule has 3 heteroatoms. The third kappa shape index (κ3) is 3.30. The van der Waals surface area contributed by atoms with Crippen molar-refractivity contribution in [1.82, 2.24) is 4.57 Å². The topological polar surface area (TPSA) is 32.0 Å². The molecule has 1 heterocycles. The first-order valence-electron chi connectivity index (χ1n) is 11.3. The minimum Gasteiger partial charge on any atom is -0.310 e. The third-order valence-electron chi connectivity index (χ3n) is 6.18. The molecule has 5 aromatic carbocycles. The lowest BCUT2D eigenvalue weighted by molar-refractivity contribution is 1.17. The van der Waals surface area contributed by atoms with E-state index in [0.29, 0.717) is 5.56 Å². The molecule has 34 heavy (non-hydrogen) atoms. The largest absolute Gasteiger partial charge is 0.310 e. The van der Waals surface area contributed by atoms with Crippen LogP contribution in [0.15, 0.2) is 127 Å². The van der Waals surface area contributed by atoms with Gasteiger partial charge in [0.15, 0.2) is 0 Å². The molecule has 6 aromatic rings. The molecule has 0 bridgehead atoms. The zero-order valence-electron chi connectivity index (χ0n) is 18.5. The second-order valence-electron chi connectivity index (χ2n) is 8.22. The van der Waals surface area contributed by atoms with Crippen molar-refractivity contribution in [3.8, 4) is 11.8 Å². The van der Waals surface area contributed by atoms with Gasteiger partial charge in [-0.15, -0.1) is 0 Å². The molecule has 0 aliphatic carbocycles. The quantitative estimate of drug-likeness (QED) is 0.280. The molecule has 0 fully saturated rings. The molecule has 0 aliphatic heterocycles. The number of hydrogen-bond donors (Lipinski definition) is 0. The van der Waals surface area contributed by atoms with Gasteiger partial charge >= 0.3 is 0 Å². The van der Waals surface area contributed by atoms with Crippen LogP contribution in [0.25, 0.3) is 27.5 Å². The normalized spacial score (nSPS) is 10.9. The number of hydrogen-bond acceptors (Lipinski definition) is 2. The highest BCUT2D eigenvalue weighted by Crippen LogP contribution is 2.37. The Hall–Kier alpha value is -4.81. The molecule has 0 amide bonds. The number of benzene rings is 5. The SMILES string of the molecule is N#Cc1ccc2c(c1)c1ccccc1n2-c1cccc(N(c2ccccc2)c2ccccc2)c1. The zero-order chi connectivity index (χ0) is 22.9. The van der Waals surface area contributed by atoms with Crippen LogP contribution in [-0.4, -0.2) is 4.57 Å². The number of fused-ring (bicyclic) bond motifs is 3. The van der Waals surface area contributed by atoms with E-state index >= 15 is 0 Å². The summed E-state index contributed by atoms with van der Waals surface area (Å²) >= 11 is 0. The Morgan fingerprint density at radius 2 is 1.15 bits per heavy atom. The molecule has 0 N–H and O–H groups in total. The highest BCUT2D eigenvalue weighted by atomic mass is 15.1. The summed E-state index contributed by atoms with van der Waals surface area (Å²) in [5, 5.41) is 11.7. The molecule has 0 unspecified atom stereocenters. The summed E-state index contributed by atoms with van der Waals surface area (Å²) in [5.74, 6) is 0. The Balaban J connectivity index is 1.59. The molecular weight excluding hydrogens is 414 g/mol. The van der Waals surface area contributed by atoms with Crippen LogP contribution in [0.3, 0.4) is 0 Å². The van der Waals surface area contributed by atoms with E-state index in [9.17, 15) is 5.26 Å². The van der Waals surface area contributed by atoms with E-state index in [-0.39, 0.29) is 0 Å². The molecule has 1 aromatic heterocycles. The van der Waals surface area contributed by atoms with Gasteiger partial charge in [-0.25, -0.2) is 0 Å². The van der Waals surface area contributed by atoms with E-state index in [1.807, 2.05) is 36.4 Å². The smallest absolute Gasteiger partial charge is 0.0991 e. The average molecular weight is 436 g/mol. The van der Waals surface area contributed by atoms with Gasteiger partial charge in [0.2, 0.25) is 0 Å². The molecule has 0 saturated heterocycles. The van der Waals surface area contributed by atoms with E-state index in [1.165, 1.54) is 0 Å². The average Bonchev–Trinajstić information content (AvgIpc) is 3.24. The molecule has 0 radical (unpaired) electrons. The first-order chi connectivity index (χ1) is 16.8. The number of anilines is 3. The van der Waals surface area contributed by atoms with Crippen LogP contribution < -0.4 is 4.90 Å². The van der Waals surface area contributed by atoms with Gasteiger partial charge in [0.1, 0.15) is 0 Å². The minimum atomic E-state index is 0.670. The number of aromatic nitrogens is 1. The summed E-state index contributed by atoms with van der Waals surface area (Å²) in [4.78, 5) is 2.27. The van der Waals surface area contributed by atoms with Crippen LogP contribution in [0.5, 0.6) is 0 Å². The van der Waals surface area contributed by atoms with Crippen LogP contribution in [0, 0.1) is 11.3 Å². The molecule has 160 valence electrons. The second-order valence-corrected chi connectivity index (χ2v) is 8.22. The standard InChI is InChI=1S/C31H21N3/c32-22-23-18-19-31-29(20-23)28-16-7-8-17-30(28)34(31)27-15-9-14-26(21-27)33(24-10-3-1-4-11-24)25-12-5-2-6-13-25/h1-21H. The minimum absolute atomic E-state index is 0.670. The maximum atomic E-state index is 9.44. The van der Waals surface area contributed by atoms with Gasteiger partial charge in [-0.2, -0.15) is 5.26 Å². The Morgan fingerprint density at radius 1 is 0.529 bits per heavy atom. The van der Waals surface area contributed by atoms with Gasteiger partial charge < -0.3 is 9.47 Å². The van der Waals surface area contributed by atoms with Crippen molar-refractivity contribution in [3.05, 3.63) is 133 Å². The third-order valence-corrected chi connectivity index (χ3v) is 6.18. The molecular formula is C31H21N3. The van der Waals surface area contributed by atoms with Crippen LogP contribution in [0.2, 0.25) is 0 Å². The van der Waals surface area contributed by atoms with Gasteiger partial charge in [0.25, 0.3) is 0 Å². The lowest BCUT2D eigenvalue weighted by Gasteiger charge is -2.26. The fourth-order valence-electron chi connectivity index (χ4n) is 4.69. The van der Waals surface area contributed by atoms with E-state index in [0.717, 1.165) is 44.6 Å². The predicted octanol–water partition coefficient (Wildman–Crippen LogP) is 8.13. The highest BCUT2D eigenvalue weighted by molar-refractivity contribution is 6.09. The van der Waals surface area contributed by atoms with Crippen molar-refractivity contribution in [2.24, 2.45) is 0 Å². The van der Waals surface area contributed by atoms with E-state index in [2.05, 4.69) is 107 Å². The van der Waals surface area contributed by atoms with Crippen molar-refractivity contribution in [3.63, 3.8) is 0 Å². The Labute approximate surface area is 198 Å². The van der Waals surface area contributed by atoms with Crippen LogP contribution in [0.4, 0.5) is 17.1 Å². The van der Waals surface area contributed by atoms with Gasteiger partial charge in [-0.1, -0.05) is 60.7 Å². The van der Waals surface area contributed by atoms with Crippen molar-refractivity contribution in [2.75, 3.05) is 4.90 Å². The molecule has 0 saturated carbocycles. The number of rotatable bonds is 4. The summed E-state index contributed by atoms with van der Waals surface area (Å²) in [6, 6.07) is 46.0. The number of nitrogens with zero attached hydrogens (tertiary/aromatic N) is 3. The maximum absolute atomic E-state index is 9.44. The molecule has 0 spiro atoms. The fraction of sp³-hybridized carbons (Fsp3) is 0. The molecule has 0 aliphatic rings. The lowest BCUT2D eigenvalue weighted by atomic mass is 10.1. The summed E-state index contributed by atoms with van der Waals surface area (Å²) in [5.41, 5.74) is 7.24. The maximum Gasteiger partial charge on any atom is 0.0991 e. The van der Waals surface area contributed by atoms with Crippen molar-refractivity contribution >= 4 is 38.9 Å². The van der Waals surface area contributed by atoms with Crippen LogP contribution >= 0.6 is 0 Å². The van der Waals surface area contributed by atoms with Crippen LogP contribution in [0.1, 0.15) is 5.56 Å². The Morgan fingerprint density at radius 3 is 1.85 bits per heavy atom. The van der Waals surface area contributed by atoms with Crippen molar-refractivity contribution in [1.29, 1.82) is 5.26 Å². The van der Waals surface area contributed by atoms with Gasteiger partial charge in [-0.05, 0) is 66.7 Å². The van der Waals surface area contributed by atoms with Crippen LogP contribution in [-0.2, 0) is 0 Å². The van der Waals surface area contributed by atoms with E-state index in [1.54, 1.807) is 0 Å². The highest BCUT2D eigenvalue weighted by Gasteiger charge is 2.16. The predicted molar refractivity (Wildman–Crippen MR) is 140 cm³/mol. The zero-order valence-corrected chi connectivity index (χ0v) is 18.5. The lowest BCUT2D eigenvalue weighted by Crippen LogP contribution is -2.10. The van der Waals surface area contributed by atoms with Crippen molar-refractivity contribution < 1.29 is 0 Å². The van der Waals surface area contributed by atoms with Gasteiger partial charge in [0, 0.05) is 33.5 Å². The first-order valence-corrected chi connectivity index (χ1v) is 11.3. The number of para-hydroxylation sites is 3. The monoisotopic (exact) mass is 435 g/mol. The van der Waals surface area contributed by atoms with Gasteiger partial charge in [0.05, 0.1) is 22.7 Å². The van der Waals surface area contributed by atoms with Crippen molar-refractivity contribution in [2.45, 2.75) is 0 Å². The molecule has 3 nitrogen and oxygen atoms in total. The Bertz CT molecular complexity index is 1620. The summed E-state index contributed by atoms with van der Waals surface area (Å²) in [6.07, 6.45) is 0. The second kappa shape index (κ2) is 8.27. The molecule has 6 rings (SSSR count). The summed E-state index contributed by atoms with van der Waals surface area (Å²) < 4.78 is 2.28. The fourth-order valence-corrected chi connectivity index (χ4v) is 4.69. The molecule has 0 atom stereocenters. The van der Waals surface area contributed by atoms with E-state index in [4.69, 9.17) is 0 Å². The summed E-state index contributed by atoms with van der Waals surface area (Å²) in [6.45, 7) is 0. The Kier molecular flexibility index (Phi) is 4.83.